The number of hydrogen-bond acceptors (Lipinski definition) is 3. The third-order valence-electron chi connectivity index (χ3n) is 4.88. The van der Waals surface area contributed by atoms with Crippen LogP contribution in [0.5, 0.6) is 5.75 Å². The summed E-state index contributed by atoms with van der Waals surface area (Å²) in [7, 11) is 0. The fourth-order valence-electron chi connectivity index (χ4n) is 4.01. The van der Waals surface area contributed by atoms with E-state index in [1.165, 1.54) is 4.90 Å². The highest BCUT2D eigenvalue weighted by molar-refractivity contribution is 6.22. The van der Waals surface area contributed by atoms with Crippen LogP contribution in [0.3, 0.4) is 0 Å². The summed E-state index contributed by atoms with van der Waals surface area (Å²) in [5.41, 5.74) is 0.655. The quantitative estimate of drug-likeness (QED) is 0.632. The molecular formula is C17H17NO3. The van der Waals surface area contributed by atoms with Crippen LogP contribution in [0.4, 0.5) is 5.69 Å². The third kappa shape index (κ3) is 1.68. The van der Waals surface area contributed by atoms with Gasteiger partial charge in [0.25, 0.3) is 0 Å². The molecule has 1 aliphatic heterocycles. The van der Waals surface area contributed by atoms with Crippen LogP contribution in [0, 0.1) is 23.7 Å². The summed E-state index contributed by atoms with van der Waals surface area (Å²) in [5.74, 6) is 0.908. The van der Waals surface area contributed by atoms with Gasteiger partial charge in [0.05, 0.1) is 24.1 Å². The molecule has 2 amide bonds. The van der Waals surface area contributed by atoms with Crippen LogP contribution in [0.15, 0.2) is 36.4 Å². The Kier molecular flexibility index (Phi) is 2.67. The third-order valence-corrected chi connectivity index (χ3v) is 4.88. The number of nitrogens with zero attached hydrogens (tertiary/aromatic N) is 1. The van der Waals surface area contributed by atoms with Crippen LogP contribution in [0.2, 0.25) is 0 Å². The maximum Gasteiger partial charge on any atom is 0.238 e. The zero-order valence-corrected chi connectivity index (χ0v) is 11.9. The number of carbonyl (C=O) groups excluding carboxylic acids is 2. The first kappa shape index (κ1) is 12.6. The van der Waals surface area contributed by atoms with Gasteiger partial charge in [0.1, 0.15) is 5.75 Å². The molecule has 2 bridgehead atoms. The fourth-order valence-corrected chi connectivity index (χ4v) is 4.01. The van der Waals surface area contributed by atoms with Gasteiger partial charge in [-0.05, 0) is 49.4 Å². The lowest BCUT2D eigenvalue weighted by atomic mass is 9.85. The van der Waals surface area contributed by atoms with Gasteiger partial charge < -0.3 is 4.74 Å². The average molecular weight is 283 g/mol. The van der Waals surface area contributed by atoms with E-state index in [1.54, 1.807) is 24.3 Å². The fraction of sp³-hybridized carbons (Fsp3) is 0.412. The number of allylic oxidation sites excluding steroid dienone is 2. The predicted molar refractivity (Wildman–Crippen MR) is 77.8 cm³/mol. The van der Waals surface area contributed by atoms with Crippen LogP contribution in [-0.4, -0.2) is 18.4 Å². The Hall–Kier alpha value is -2.10. The molecule has 1 aromatic carbocycles. The normalized spacial score (nSPS) is 32.9. The Balaban J connectivity index is 1.64. The van der Waals surface area contributed by atoms with E-state index in [4.69, 9.17) is 4.74 Å². The molecule has 0 unspecified atom stereocenters. The Morgan fingerprint density at radius 1 is 1.05 bits per heavy atom. The zero-order chi connectivity index (χ0) is 14.6. The van der Waals surface area contributed by atoms with Gasteiger partial charge in [0.2, 0.25) is 11.8 Å². The molecule has 1 saturated heterocycles. The van der Waals surface area contributed by atoms with Gasteiger partial charge in [-0.15, -0.1) is 0 Å². The molecule has 0 aromatic heterocycles. The second kappa shape index (κ2) is 4.45. The molecule has 21 heavy (non-hydrogen) atoms. The van der Waals surface area contributed by atoms with Gasteiger partial charge in [0, 0.05) is 0 Å². The van der Waals surface area contributed by atoms with Gasteiger partial charge in [-0.1, -0.05) is 12.2 Å². The second-order valence-corrected chi connectivity index (χ2v) is 5.94. The molecule has 4 nitrogen and oxygen atoms in total. The van der Waals surface area contributed by atoms with Crippen LogP contribution in [-0.2, 0) is 9.59 Å². The van der Waals surface area contributed by atoms with Crippen molar-refractivity contribution >= 4 is 17.5 Å². The van der Waals surface area contributed by atoms with E-state index in [-0.39, 0.29) is 35.5 Å². The standard InChI is InChI=1S/C17H17NO3/c1-2-21-13-7-5-12(6-8-13)18-16(19)14-10-3-4-11(9-10)15(14)17(18)20/h3-8,10-11,14-15H,2,9H2,1H3/t10-,11-,14+,15+/m1/s1. The maximum absolute atomic E-state index is 12.6. The van der Waals surface area contributed by atoms with Gasteiger partial charge in [-0.3, -0.25) is 14.5 Å². The first-order valence-electron chi connectivity index (χ1n) is 7.49. The minimum atomic E-state index is -0.140. The first-order valence-corrected chi connectivity index (χ1v) is 7.49. The Morgan fingerprint density at radius 3 is 2.14 bits per heavy atom. The second-order valence-electron chi connectivity index (χ2n) is 5.94. The monoisotopic (exact) mass is 283 g/mol. The van der Waals surface area contributed by atoms with E-state index in [0.29, 0.717) is 12.3 Å². The van der Waals surface area contributed by atoms with E-state index in [2.05, 4.69) is 12.2 Å². The molecule has 1 aromatic rings. The molecule has 4 heteroatoms. The highest BCUT2D eigenvalue weighted by Gasteiger charge is 2.59. The van der Waals surface area contributed by atoms with Crippen LogP contribution >= 0.6 is 0 Å². The lowest BCUT2D eigenvalue weighted by molar-refractivity contribution is -0.123. The van der Waals surface area contributed by atoms with Crippen LogP contribution < -0.4 is 9.64 Å². The first-order chi connectivity index (χ1) is 10.2. The van der Waals surface area contributed by atoms with Crippen molar-refractivity contribution in [2.75, 3.05) is 11.5 Å². The minimum absolute atomic E-state index is 0.0361. The SMILES string of the molecule is CCOc1ccc(N2C(=O)[C@@H]3[C@@H](C2=O)[C@@H]2C=C[C@@H]3C2)cc1. The van der Waals surface area contributed by atoms with E-state index < -0.39 is 0 Å². The Bertz CT molecular complexity index is 604. The molecule has 0 radical (unpaired) electrons. The number of benzene rings is 1. The summed E-state index contributed by atoms with van der Waals surface area (Å²) in [6, 6.07) is 7.19. The van der Waals surface area contributed by atoms with Crippen LogP contribution in [0.25, 0.3) is 0 Å². The summed E-state index contributed by atoms with van der Waals surface area (Å²) >= 11 is 0. The topological polar surface area (TPSA) is 46.6 Å². The molecular weight excluding hydrogens is 266 g/mol. The van der Waals surface area contributed by atoms with E-state index in [0.717, 1.165) is 12.2 Å². The van der Waals surface area contributed by atoms with Crippen LogP contribution in [0.1, 0.15) is 13.3 Å². The number of amides is 2. The predicted octanol–water partition coefficient (Wildman–Crippen LogP) is 2.40. The minimum Gasteiger partial charge on any atom is -0.494 e. The Labute approximate surface area is 123 Å². The van der Waals surface area contributed by atoms with E-state index in [1.807, 2.05) is 6.92 Å². The van der Waals surface area contributed by atoms with Crippen molar-refractivity contribution < 1.29 is 14.3 Å². The molecule has 0 spiro atoms. The van der Waals surface area contributed by atoms with Crippen molar-refractivity contribution in [1.82, 2.24) is 0 Å². The zero-order valence-electron chi connectivity index (χ0n) is 11.9. The highest BCUT2D eigenvalue weighted by Crippen LogP contribution is 2.53. The summed E-state index contributed by atoms with van der Waals surface area (Å²) < 4.78 is 5.40. The average Bonchev–Trinajstić information content (AvgIpc) is 3.15. The number of imide groups is 1. The Morgan fingerprint density at radius 2 is 1.62 bits per heavy atom. The largest absolute Gasteiger partial charge is 0.494 e. The van der Waals surface area contributed by atoms with Crippen molar-refractivity contribution in [1.29, 1.82) is 0 Å². The number of fused-ring (bicyclic) bond motifs is 5. The van der Waals surface area contributed by atoms with Crippen molar-refractivity contribution in [3.8, 4) is 5.75 Å². The van der Waals surface area contributed by atoms with Gasteiger partial charge >= 0.3 is 0 Å². The molecule has 1 heterocycles. The molecule has 2 fully saturated rings. The molecule has 2 aliphatic carbocycles. The number of anilines is 1. The van der Waals surface area contributed by atoms with Crippen molar-refractivity contribution in [2.24, 2.45) is 23.7 Å². The number of carbonyl (C=O) groups is 2. The molecule has 1 saturated carbocycles. The molecule has 3 aliphatic rings. The summed E-state index contributed by atoms with van der Waals surface area (Å²) in [5, 5.41) is 0. The summed E-state index contributed by atoms with van der Waals surface area (Å²) in [6.07, 6.45) is 5.18. The van der Waals surface area contributed by atoms with E-state index in [9.17, 15) is 9.59 Å². The van der Waals surface area contributed by atoms with Gasteiger partial charge in [-0.2, -0.15) is 0 Å². The molecule has 108 valence electrons. The molecule has 4 rings (SSSR count). The van der Waals surface area contributed by atoms with Gasteiger partial charge in [-0.25, -0.2) is 0 Å². The van der Waals surface area contributed by atoms with E-state index >= 15 is 0 Å². The number of hydrogen-bond donors (Lipinski definition) is 0. The lowest BCUT2D eigenvalue weighted by Crippen LogP contribution is -2.32. The maximum atomic E-state index is 12.6. The molecule has 4 atom stereocenters. The summed E-state index contributed by atoms with van der Waals surface area (Å²) in [6.45, 7) is 2.52. The summed E-state index contributed by atoms with van der Waals surface area (Å²) in [4.78, 5) is 26.6. The lowest BCUT2D eigenvalue weighted by Gasteiger charge is -2.17. The number of ether oxygens (including phenoxy) is 1. The molecule has 0 N–H and O–H groups in total. The van der Waals surface area contributed by atoms with Gasteiger partial charge in [0.15, 0.2) is 0 Å². The van der Waals surface area contributed by atoms with Crippen molar-refractivity contribution in [3.05, 3.63) is 36.4 Å². The van der Waals surface area contributed by atoms with Crippen molar-refractivity contribution in [3.63, 3.8) is 0 Å². The smallest absolute Gasteiger partial charge is 0.238 e. The number of rotatable bonds is 3. The van der Waals surface area contributed by atoms with Crippen molar-refractivity contribution in [2.45, 2.75) is 13.3 Å². The highest BCUT2D eigenvalue weighted by atomic mass is 16.5.